The van der Waals surface area contributed by atoms with Gasteiger partial charge in [0.25, 0.3) is 0 Å². The van der Waals surface area contributed by atoms with Gasteiger partial charge >= 0.3 is 0 Å². The van der Waals surface area contributed by atoms with E-state index in [9.17, 15) is 0 Å². The van der Waals surface area contributed by atoms with E-state index in [1.54, 1.807) is 12.3 Å². The highest BCUT2D eigenvalue weighted by Crippen LogP contribution is 2.31. The van der Waals surface area contributed by atoms with Crippen LogP contribution in [0.2, 0.25) is 0 Å². The zero-order valence-electron chi connectivity index (χ0n) is 8.47. The SMILES string of the molecule is Nc1ccnc(N2CC[C@H]3COC[C@H]32)n1. The van der Waals surface area contributed by atoms with Crippen molar-refractivity contribution in [3.05, 3.63) is 12.3 Å². The van der Waals surface area contributed by atoms with Crippen LogP contribution in [-0.2, 0) is 4.74 Å². The van der Waals surface area contributed by atoms with Crippen molar-refractivity contribution in [2.75, 3.05) is 30.4 Å². The Morgan fingerprint density at radius 3 is 3.27 bits per heavy atom. The number of anilines is 2. The predicted octanol–water partition coefficient (Wildman–Crippen LogP) is 0.284. The molecule has 2 aliphatic rings. The molecular formula is C10H14N4O. The average Bonchev–Trinajstić information content (AvgIpc) is 2.77. The van der Waals surface area contributed by atoms with Crippen LogP contribution in [0.25, 0.3) is 0 Å². The van der Waals surface area contributed by atoms with Gasteiger partial charge in [0.1, 0.15) is 5.82 Å². The van der Waals surface area contributed by atoms with Crippen molar-refractivity contribution in [3.63, 3.8) is 0 Å². The highest BCUT2D eigenvalue weighted by atomic mass is 16.5. The summed E-state index contributed by atoms with van der Waals surface area (Å²) in [6.45, 7) is 2.69. The summed E-state index contributed by atoms with van der Waals surface area (Å²) in [5, 5.41) is 0. The third kappa shape index (κ3) is 1.43. The van der Waals surface area contributed by atoms with E-state index >= 15 is 0 Å². The molecule has 80 valence electrons. The molecule has 5 nitrogen and oxygen atoms in total. The van der Waals surface area contributed by atoms with Crippen molar-refractivity contribution in [1.82, 2.24) is 9.97 Å². The molecule has 0 unspecified atom stereocenters. The van der Waals surface area contributed by atoms with E-state index in [0.717, 1.165) is 25.7 Å². The van der Waals surface area contributed by atoms with Crippen LogP contribution in [0.15, 0.2) is 12.3 Å². The van der Waals surface area contributed by atoms with Crippen LogP contribution in [0.5, 0.6) is 0 Å². The summed E-state index contributed by atoms with van der Waals surface area (Å²) < 4.78 is 5.46. The van der Waals surface area contributed by atoms with Crippen LogP contribution < -0.4 is 10.6 Å². The number of ether oxygens (including phenoxy) is 1. The Kier molecular flexibility index (Phi) is 1.98. The van der Waals surface area contributed by atoms with E-state index in [2.05, 4.69) is 14.9 Å². The molecule has 3 rings (SSSR count). The van der Waals surface area contributed by atoms with E-state index in [0.29, 0.717) is 17.8 Å². The van der Waals surface area contributed by atoms with E-state index in [4.69, 9.17) is 10.5 Å². The lowest BCUT2D eigenvalue weighted by Crippen LogP contribution is -2.34. The lowest BCUT2D eigenvalue weighted by atomic mass is 10.1. The fourth-order valence-corrected chi connectivity index (χ4v) is 2.43. The zero-order valence-corrected chi connectivity index (χ0v) is 8.47. The Morgan fingerprint density at radius 2 is 2.40 bits per heavy atom. The summed E-state index contributed by atoms with van der Waals surface area (Å²) in [6, 6.07) is 2.16. The Bertz CT molecular complexity index is 370. The van der Waals surface area contributed by atoms with Crippen molar-refractivity contribution < 1.29 is 4.74 Å². The zero-order chi connectivity index (χ0) is 10.3. The first-order valence-corrected chi connectivity index (χ1v) is 5.27. The second kappa shape index (κ2) is 3.34. The van der Waals surface area contributed by atoms with Gasteiger partial charge in [-0.05, 0) is 12.5 Å². The van der Waals surface area contributed by atoms with Gasteiger partial charge in [-0.2, -0.15) is 4.98 Å². The smallest absolute Gasteiger partial charge is 0.227 e. The fraction of sp³-hybridized carbons (Fsp3) is 0.600. The Hall–Kier alpha value is -1.36. The summed E-state index contributed by atoms with van der Waals surface area (Å²) in [7, 11) is 0. The molecule has 2 saturated heterocycles. The maximum absolute atomic E-state index is 5.65. The second-order valence-corrected chi connectivity index (χ2v) is 4.13. The van der Waals surface area contributed by atoms with Gasteiger partial charge in [0.2, 0.25) is 5.95 Å². The molecular weight excluding hydrogens is 192 g/mol. The molecule has 2 fully saturated rings. The minimum atomic E-state index is 0.451. The summed E-state index contributed by atoms with van der Waals surface area (Å²) >= 11 is 0. The maximum Gasteiger partial charge on any atom is 0.227 e. The Morgan fingerprint density at radius 1 is 1.47 bits per heavy atom. The maximum atomic E-state index is 5.65. The largest absolute Gasteiger partial charge is 0.384 e. The topological polar surface area (TPSA) is 64.3 Å². The summed E-state index contributed by atoms with van der Waals surface area (Å²) in [4.78, 5) is 10.7. The molecule has 0 radical (unpaired) electrons. The van der Waals surface area contributed by atoms with Gasteiger partial charge in [0.05, 0.1) is 19.3 Å². The molecule has 0 saturated carbocycles. The first-order chi connectivity index (χ1) is 7.34. The van der Waals surface area contributed by atoms with Crippen LogP contribution in [-0.4, -0.2) is 35.8 Å². The van der Waals surface area contributed by atoms with Crippen LogP contribution >= 0.6 is 0 Å². The quantitative estimate of drug-likeness (QED) is 0.715. The minimum absolute atomic E-state index is 0.451. The van der Waals surface area contributed by atoms with E-state index in [1.165, 1.54) is 6.42 Å². The number of hydrogen-bond acceptors (Lipinski definition) is 5. The van der Waals surface area contributed by atoms with Gasteiger partial charge in [0.15, 0.2) is 0 Å². The van der Waals surface area contributed by atoms with Gasteiger partial charge < -0.3 is 15.4 Å². The number of nitrogens with two attached hydrogens (primary N) is 1. The van der Waals surface area contributed by atoms with Gasteiger partial charge in [-0.15, -0.1) is 0 Å². The van der Waals surface area contributed by atoms with Crippen molar-refractivity contribution >= 4 is 11.8 Å². The Balaban J connectivity index is 1.88. The third-order valence-corrected chi connectivity index (χ3v) is 3.23. The fourth-order valence-electron chi connectivity index (χ4n) is 2.43. The van der Waals surface area contributed by atoms with Crippen molar-refractivity contribution in [1.29, 1.82) is 0 Å². The Labute approximate surface area is 88.3 Å². The summed E-state index contributed by atoms with van der Waals surface area (Å²) in [6.07, 6.45) is 2.88. The molecule has 2 N–H and O–H groups in total. The molecule has 1 aromatic rings. The number of fused-ring (bicyclic) bond motifs is 1. The minimum Gasteiger partial charge on any atom is -0.384 e. The number of rotatable bonds is 1. The highest BCUT2D eigenvalue weighted by Gasteiger charge is 2.39. The molecule has 15 heavy (non-hydrogen) atoms. The van der Waals surface area contributed by atoms with Crippen LogP contribution in [0, 0.1) is 5.92 Å². The highest BCUT2D eigenvalue weighted by molar-refractivity contribution is 5.40. The van der Waals surface area contributed by atoms with E-state index < -0.39 is 0 Å². The van der Waals surface area contributed by atoms with Crippen molar-refractivity contribution in [2.45, 2.75) is 12.5 Å². The standard InChI is InChI=1S/C10H14N4O/c11-9-1-3-12-10(13-9)14-4-2-7-5-15-6-8(7)14/h1,3,7-8H,2,4-6H2,(H2,11,12,13)/t7-,8+/m0/s1. The van der Waals surface area contributed by atoms with Crippen LogP contribution in [0.3, 0.4) is 0 Å². The lowest BCUT2D eigenvalue weighted by molar-refractivity contribution is 0.179. The molecule has 3 heterocycles. The summed E-state index contributed by atoms with van der Waals surface area (Å²) in [5.74, 6) is 1.92. The number of hydrogen-bond donors (Lipinski definition) is 1. The number of aromatic nitrogens is 2. The monoisotopic (exact) mass is 206 g/mol. The van der Waals surface area contributed by atoms with Gasteiger partial charge in [-0.1, -0.05) is 0 Å². The molecule has 0 aromatic carbocycles. The van der Waals surface area contributed by atoms with Crippen molar-refractivity contribution in [3.8, 4) is 0 Å². The molecule has 0 spiro atoms. The first kappa shape index (κ1) is 8.91. The molecule has 5 heteroatoms. The molecule has 0 bridgehead atoms. The normalized spacial score (nSPS) is 29.5. The average molecular weight is 206 g/mol. The van der Waals surface area contributed by atoms with Crippen molar-refractivity contribution in [2.24, 2.45) is 5.92 Å². The van der Waals surface area contributed by atoms with Gasteiger partial charge in [-0.3, -0.25) is 0 Å². The number of nitrogens with zero attached hydrogens (tertiary/aromatic N) is 3. The summed E-state index contributed by atoms with van der Waals surface area (Å²) in [5.41, 5.74) is 5.65. The predicted molar refractivity (Wildman–Crippen MR) is 56.5 cm³/mol. The molecule has 0 amide bonds. The molecule has 2 aliphatic heterocycles. The third-order valence-electron chi connectivity index (χ3n) is 3.23. The number of nitrogen functional groups attached to an aromatic ring is 1. The van der Waals surface area contributed by atoms with E-state index in [-0.39, 0.29) is 0 Å². The second-order valence-electron chi connectivity index (χ2n) is 4.13. The van der Waals surface area contributed by atoms with Crippen LogP contribution in [0.4, 0.5) is 11.8 Å². The first-order valence-electron chi connectivity index (χ1n) is 5.27. The lowest BCUT2D eigenvalue weighted by Gasteiger charge is -2.22. The molecule has 0 aliphatic carbocycles. The van der Waals surface area contributed by atoms with Gasteiger partial charge in [0, 0.05) is 18.7 Å². The molecule has 2 atom stereocenters. The van der Waals surface area contributed by atoms with Gasteiger partial charge in [-0.25, -0.2) is 4.98 Å². The van der Waals surface area contributed by atoms with Crippen LogP contribution in [0.1, 0.15) is 6.42 Å². The van der Waals surface area contributed by atoms with E-state index in [1.807, 2.05) is 0 Å². The molecule has 1 aromatic heterocycles.